The number of phenols is 1. The molecule has 0 spiro atoms. The molecule has 0 atom stereocenters. The van der Waals surface area contributed by atoms with Gasteiger partial charge in [0.1, 0.15) is 5.75 Å². The molecule has 84 valence electrons. The van der Waals surface area contributed by atoms with Gasteiger partial charge in [0.15, 0.2) is 0 Å². The van der Waals surface area contributed by atoms with Crippen LogP contribution in [0.5, 0.6) is 5.75 Å². The van der Waals surface area contributed by atoms with E-state index in [2.05, 4.69) is 34.6 Å². The van der Waals surface area contributed by atoms with E-state index in [1.165, 1.54) is 0 Å². The number of halogens is 1. The Labute approximate surface area is 97.1 Å². The van der Waals surface area contributed by atoms with Gasteiger partial charge in [0.2, 0.25) is 0 Å². The molecule has 1 N–H and O–H groups in total. The lowest BCUT2D eigenvalue weighted by molar-refractivity contribution is 0.470. The lowest BCUT2D eigenvalue weighted by atomic mass is 9.80. The first kappa shape index (κ1) is 12.4. The van der Waals surface area contributed by atoms with Crippen molar-refractivity contribution in [2.75, 3.05) is 0 Å². The maximum Gasteiger partial charge on any atom is 0.117 e. The molecule has 0 aliphatic carbocycles. The highest BCUT2D eigenvalue weighted by atomic mass is 35.5. The minimum atomic E-state index is 0.00197. The van der Waals surface area contributed by atoms with Gasteiger partial charge in [-0.25, -0.2) is 0 Å². The molecular formula is C13H19ClO. The van der Waals surface area contributed by atoms with E-state index in [1.807, 2.05) is 6.07 Å². The zero-order chi connectivity index (χ0) is 11.8. The predicted molar refractivity (Wildman–Crippen MR) is 65.9 cm³/mol. The summed E-state index contributed by atoms with van der Waals surface area (Å²) in [6, 6.07) is 3.44. The molecular weight excluding hydrogens is 208 g/mol. The summed E-state index contributed by atoms with van der Waals surface area (Å²) in [6.07, 6.45) is 0. The molecule has 0 heterocycles. The first-order chi connectivity index (χ1) is 6.73. The zero-order valence-corrected chi connectivity index (χ0v) is 10.8. The van der Waals surface area contributed by atoms with Crippen LogP contribution in [0.2, 0.25) is 5.02 Å². The summed E-state index contributed by atoms with van der Waals surface area (Å²) >= 11 is 6.18. The summed E-state index contributed by atoms with van der Waals surface area (Å²) in [6.45, 7) is 10.6. The highest BCUT2D eigenvalue weighted by Crippen LogP contribution is 2.37. The molecule has 0 bridgehead atoms. The Morgan fingerprint density at radius 3 is 2.13 bits per heavy atom. The zero-order valence-electron chi connectivity index (χ0n) is 10.1. The molecule has 1 aromatic carbocycles. The normalized spacial score (nSPS) is 12.2. The SMILES string of the molecule is CC(C)c1c(Cl)cc(O)cc1C(C)(C)C. The monoisotopic (exact) mass is 226 g/mol. The Morgan fingerprint density at radius 2 is 1.73 bits per heavy atom. The predicted octanol–water partition coefficient (Wildman–Crippen LogP) is 4.47. The van der Waals surface area contributed by atoms with Crippen LogP contribution in [0, 0.1) is 0 Å². The van der Waals surface area contributed by atoms with Crippen molar-refractivity contribution < 1.29 is 5.11 Å². The highest BCUT2D eigenvalue weighted by molar-refractivity contribution is 6.31. The fraction of sp³-hybridized carbons (Fsp3) is 0.538. The molecule has 1 aromatic rings. The van der Waals surface area contributed by atoms with Crippen molar-refractivity contribution in [3.63, 3.8) is 0 Å². The van der Waals surface area contributed by atoms with E-state index in [0.29, 0.717) is 10.9 Å². The Bertz CT molecular complexity index is 362. The number of aromatic hydroxyl groups is 1. The van der Waals surface area contributed by atoms with E-state index in [-0.39, 0.29) is 11.2 Å². The van der Waals surface area contributed by atoms with Crippen LogP contribution in [0.3, 0.4) is 0 Å². The van der Waals surface area contributed by atoms with Crippen molar-refractivity contribution in [2.24, 2.45) is 0 Å². The molecule has 0 aromatic heterocycles. The van der Waals surface area contributed by atoms with Crippen LogP contribution in [0.25, 0.3) is 0 Å². The molecule has 0 saturated heterocycles. The maximum absolute atomic E-state index is 9.58. The fourth-order valence-electron chi connectivity index (χ4n) is 1.81. The van der Waals surface area contributed by atoms with Crippen molar-refractivity contribution in [1.82, 2.24) is 0 Å². The second-order valence-corrected chi connectivity index (χ2v) is 5.70. The molecule has 0 aliphatic heterocycles. The quantitative estimate of drug-likeness (QED) is 0.749. The Kier molecular flexibility index (Phi) is 3.34. The summed E-state index contributed by atoms with van der Waals surface area (Å²) in [5.74, 6) is 0.613. The van der Waals surface area contributed by atoms with Crippen LogP contribution in [0.1, 0.15) is 51.7 Å². The summed E-state index contributed by atoms with van der Waals surface area (Å²) in [4.78, 5) is 0. The van der Waals surface area contributed by atoms with Crippen molar-refractivity contribution in [3.05, 3.63) is 28.3 Å². The number of benzene rings is 1. The van der Waals surface area contributed by atoms with E-state index in [0.717, 1.165) is 11.1 Å². The standard InChI is InChI=1S/C13H19ClO/c1-8(2)12-10(13(3,4)5)6-9(15)7-11(12)14/h6-8,15H,1-5H3. The van der Waals surface area contributed by atoms with Crippen LogP contribution < -0.4 is 0 Å². The van der Waals surface area contributed by atoms with Gasteiger partial charge in [-0.1, -0.05) is 46.2 Å². The van der Waals surface area contributed by atoms with Crippen LogP contribution in [-0.4, -0.2) is 5.11 Å². The van der Waals surface area contributed by atoms with Gasteiger partial charge in [0.05, 0.1) is 0 Å². The Balaban J connectivity index is 3.47. The summed E-state index contributed by atoms with van der Waals surface area (Å²) in [5, 5.41) is 10.2. The minimum absolute atomic E-state index is 0.00197. The highest BCUT2D eigenvalue weighted by Gasteiger charge is 2.22. The van der Waals surface area contributed by atoms with Gasteiger partial charge in [0.25, 0.3) is 0 Å². The molecule has 15 heavy (non-hydrogen) atoms. The lowest BCUT2D eigenvalue weighted by Crippen LogP contribution is -2.15. The van der Waals surface area contributed by atoms with E-state index in [4.69, 9.17) is 11.6 Å². The van der Waals surface area contributed by atoms with Crippen molar-refractivity contribution in [2.45, 2.75) is 46.0 Å². The van der Waals surface area contributed by atoms with Gasteiger partial charge in [-0.3, -0.25) is 0 Å². The van der Waals surface area contributed by atoms with E-state index in [9.17, 15) is 5.11 Å². The molecule has 0 aliphatic rings. The largest absolute Gasteiger partial charge is 0.508 e. The van der Waals surface area contributed by atoms with Gasteiger partial charge in [-0.05, 0) is 34.6 Å². The van der Waals surface area contributed by atoms with Gasteiger partial charge in [-0.2, -0.15) is 0 Å². The van der Waals surface area contributed by atoms with Crippen molar-refractivity contribution in [1.29, 1.82) is 0 Å². The van der Waals surface area contributed by atoms with Crippen molar-refractivity contribution in [3.8, 4) is 5.75 Å². The average Bonchev–Trinajstić information content (AvgIpc) is 1.99. The first-order valence-electron chi connectivity index (χ1n) is 5.26. The van der Waals surface area contributed by atoms with Gasteiger partial charge >= 0.3 is 0 Å². The van der Waals surface area contributed by atoms with Gasteiger partial charge < -0.3 is 5.11 Å². The molecule has 0 amide bonds. The Morgan fingerprint density at radius 1 is 1.20 bits per heavy atom. The Hall–Kier alpha value is -0.690. The minimum Gasteiger partial charge on any atom is -0.508 e. The summed E-state index contributed by atoms with van der Waals surface area (Å²) in [5.41, 5.74) is 2.27. The molecule has 1 rings (SSSR count). The van der Waals surface area contributed by atoms with E-state index in [1.54, 1.807) is 6.07 Å². The number of hydrogen-bond donors (Lipinski definition) is 1. The smallest absolute Gasteiger partial charge is 0.117 e. The molecule has 0 unspecified atom stereocenters. The third-order valence-electron chi connectivity index (χ3n) is 2.50. The van der Waals surface area contributed by atoms with Crippen LogP contribution in [0.15, 0.2) is 12.1 Å². The molecule has 2 heteroatoms. The lowest BCUT2D eigenvalue weighted by Gasteiger charge is -2.26. The maximum atomic E-state index is 9.58. The summed E-state index contributed by atoms with van der Waals surface area (Å²) in [7, 11) is 0. The number of phenolic OH excluding ortho intramolecular Hbond substituents is 1. The van der Waals surface area contributed by atoms with E-state index < -0.39 is 0 Å². The van der Waals surface area contributed by atoms with Gasteiger partial charge in [0, 0.05) is 5.02 Å². The third-order valence-corrected chi connectivity index (χ3v) is 2.81. The second kappa shape index (κ2) is 4.05. The first-order valence-corrected chi connectivity index (χ1v) is 5.64. The third kappa shape index (κ3) is 2.66. The second-order valence-electron chi connectivity index (χ2n) is 5.29. The van der Waals surface area contributed by atoms with Gasteiger partial charge in [-0.15, -0.1) is 0 Å². The molecule has 0 radical (unpaired) electrons. The van der Waals surface area contributed by atoms with Crippen molar-refractivity contribution >= 4 is 11.6 Å². The number of rotatable bonds is 1. The van der Waals surface area contributed by atoms with Crippen LogP contribution >= 0.6 is 11.6 Å². The molecule has 1 nitrogen and oxygen atoms in total. The molecule has 0 saturated carbocycles. The van der Waals surface area contributed by atoms with Crippen LogP contribution in [-0.2, 0) is 5.41 Å². The van der Waals surface area contributed by atoms with Crippen LogP contribution in [0.4, 0.5) is 0 Å². The molecule has 0 fully saturated rings. The van der Waals surface area contributed by atoms with E-state index >= 15 is 0 Å². The topological polar surface area (TPSA) is 20.2 Å². The number of hydrogen-bond acceptors (Lipinski definition) is 1. The fourth-order valence-corrected chi connectivity index (χ4v) is 2.24. The summed E-state index contributed by atoms with van der Waals surface area (Å²) < 4.78 is 0. The average molecular weight is 227 g/mol.